The summed E-state index contributed by atoms with van der Waals surface area (Å²) >= 11 is 1.70. The molecule has 3 rings (SSSR count). The molecule has 2 aliphatic carbocycles. The van der Waals surface area contributed by atoms with Crippen molar-refractivity contribution >= 4 is 17.2 Å². The van der Waals surface area contributed by atoms with Crippen LogP contribution in [0.15, 0.2) is 6.07 Å². The van der Waals surface area contributed by atoms with Crippen LogP contribution in [0, 0.1) is 0 Å². The number of hydrogen-bond donors (Lipinski definition) is 2. The molecule has 1 fully saturated rings. The van der Waals surface area contributed by atoms with Crippen molar-refractivity contribution in [3.63, 3.8) is 0 Å². The van der Waals surface area contributed by atoms with E-state index in [0.29, 0.717) is 0 Å². The third-order valence-corrected chi connectivity index (χ3v) is 5.13. The van der Waals surface area contributed by atoms with Crippen molar-refractivity contribution in [3.05, 3.63) is 21.4 Å². The lowest BCUT2D eigenvalue weighted by atomic mass is 10.1. The number of carbonyl (C=O) groups is 1. The Morgan fingerprint density at radius 3 is 2.89 bits per heavy atom. The number of carbonyl (C=O) groups excluding carboxylic acids is 1. The van der Waals surface area contributed by atoms with Gasteiger partial charge in [-0.15, -0.1) is 11.3 Å². The summed E-state index contributed by atoms with van der Waals surface area (Å²) in [4.78, 5) is 14.4. The van der Waals surface area contributed by atoms with E-state index in [-0.39, 0.29) is 5.91 Å². The molecule has 0 bridgehead atoms. The fraction of sp³-hybridized carbons (Fsp3) is 0.667. The number of aryl methyl sites for hydroxylation is 2. The summed E-state index contributed by atoms with van der Waals surface area (Å²) in [6.07, 6.45) is 8.79. The summed E-state index contributed by atoms with van der Waals surface area (Å²) in [5, 5.41) is 6.43. The summed E-state index contributed by atoms with van der Waals surface area (Å²) in [6, 6.07) is 2.84. The highest BCUT2D eigenvalue weighted by Crippen LogP contribution is 2.28. The van der Waals surface area contributed by atoms with Crippen molar-refractivity contribution in [2.24, 2.45) is 0 Å². The fourth-order valence-corrected chi connectivity index (χ4v) is 3.78. The maximum Gasteiger partial charge on any atom is 0.261 e. The van der Waals surface area contributed by atoms with Crippen LogP contribution in [0.5, 0.6) is 0 Å². The molecule has 0 saturated heterocycles. The van der Waals surface area contributed by atoms with Crippen LogP contribution >= 0.6 is 11.3 Å². The number of hydrogen-bond acceptors (Lipinski definition) is 3. The van der Waals surface area contributed by atoms with Gasteiger partial charge in [-0.1, -0.05) is 6.42 Å². The molecule has 104 valence electrons. The molecule has 1 aromatic heterocycles. The minimum absolute atomic E-state index is 0.107. The van der Waals surface area contributed by atoms with Crippen LogP contribution in [-0.4, -0.2) is 25.0 Å². The summed E-state index contributed by atoms with van der Waals surface area (Å²) < 4.78 is 0. The first-order chi connectivity index (χ1) is 9.33. The lowest BCUT2D eigenvalue weighted by Crippen LogP contribution is -2.32. The Balaban J connectivity index is 1.51. The lowest BCUT2D eigenvalue weighted by Gasteiger charge is -2.04. The number of fused-ring (bicyclic) bond motifs is 1. The maximum absolute atomic E-state index is 12.1. The van der Waals surface area contributed by atoms with Gasteiger partial charge in [0.15, 0.2) is 0 Å². The van der Waals surface area contributed by atoms with Gasteiger partial charge < -0.3 is 10.6 Å². The SMILES string of the molecule is O=C(NCCNC1CC1)c1cc2c(s1)CCCCC2. The summed E-state index contributed by atoms with van der Waals surface area (Å²) in [5.74, 6) is 0.107. The molecule has 1 amide bonds. The first-order valence-electron chi connectivity index (χ1n) is 7.46. The van der Waals surface area contributed by atoms with Crippen LogP contribution in [0.2, 0.25) is 0 Å². The summed E-state index contributed by atoms with van der Waals surface area (Å²) in [6.45, 7) is 1.62. The van der Waals surface area contributed by atoms with Gasteiger partial charge in [-0.05, 0) is 50.2 Å². The van der Waals surface area contributed by atoms with E-state index < -0.39 is 0 Å². The van der Waals surface area contributed by atoms with Gasteiger partial charge in [-0.3, -0.25) is 4.79 Å². The van der Waals surface area contributed by atoms with Crippen LogP contribution < -0.4 is 10.6 Å². The number of amides is 1. The minimum Gasteiger partial charge on any atom is -0.350 e. The molecular weight excluding hydrogens is 256 g/mol. The molecule has 0 aliphatic heterocycles. The van der Waals surface area contributed by atoms with E-state index in [1.54, 1.807) is 11.3 Å². The first-order valence-corrected chi connectivity index (χ1v) is 8.28. The van der Waals surface area contributed by atoms with Crippen molar-refractivity contribution < 1.29 is 4.79 Å². The maximum atomic E-state index is 12.1. The molecule has 1 saturated carbocycles. The molecule has 1 heterocycles. The Labute approximate surface area is 118 Å². The minimum atomic E-state index is 0.107. The first kappa shape index (κ1) is 13.1. The summed E-state index contributed by atoms with van der Waals surface area (Å²) in [5.41, 5.74) is 1.42. The second-order valence-corrected chi connectivity index (χ2v) is 6.74. The molecular formula is C15H22N2OS. The van der Waals surface area contributed by atoms with E-state index in [9.17, 15) is 4.79 Å². The molecule has 4 heteroatoms. The van der Waals surface area contributed by atoms with Crippen LogP contribution in [0.1, 0.15) is 52.2 Å². The van der Waals surface area contributed by atoms with Gasteiger partial charge in [0.2, 0.25) is 0 Å². The van der Waals surface area contributed by atoms with Crippen LogP contribution in [0.4, 0.5) is 0 Å². The van der Waals surface area contributed by atoms with Gasteiger partial charge in [0.1, 0.15) is 0 Å². The number of nitrogens with one attached hydrogen (secondary N) is 2. The molecule has 0 spiro atoms. The van der Waals surface area contributed by atoms with Crippen molar-refractivity contribution in [2.75, 3.05) is 13.1 Å². The van der Waals surface area contributed by atoms with Crippen molar-refractivity contribution in [1.29, 1.82) is 0 Å². The highest BCUT2D eigenvalue weighted by molar-refractivity contribution is 7.14. The molecule has 19 heavy (non-hydrogen) atoms. The van der Waals surface area contributed by atoms with E-state index in [4.69, 9.17) is 0 Å². The number of rotatable bonds is 5. The largest absolute Gasteiger partial charge is 0.350 e. The van der Waals surface area contributed by atoms with E-state index in [2.05, 4.69) is 16.7 Å². The molecule has 1 aromatic rings. The fourth-order valence-electron chi connectivity index (χ4n) is 2.61. The zero-order valence-corrected chi connectivity index (χ0v) is 12.2. The van der Waals surface area contributed by atoms with Crippen LogP contribution in [0.25, 0.3) is 0 Å². The molecule has 3 nitrogen and oxygen atoms in total. The van der Waals surface area contributed by atoms with Crippen LogP contribution in [0.3, 0.4) is 0 Å². The predicted octanol–water partition coefficient (Wildman–Crippen LogP) is 2.50. The zero-order valence-electron chi connectivity index (χ0n) is 11.3. The molecule has 0 unspecified atom stereocenters. The van der Waals surface area contributed by atoms with Gasteiger partial charge in [0, 0.05) is 24.0 Å². The standard InChI is InChI=1S/C15H22N2OS/c18-15(17-9-8-16-12-6-7-12)14-10-11-4-2-1-3-5-13(11)19-14/h10,12,16H,1-9H2,(H,17,18). The number of thiophene rings is 1. The Morgan fingerprint density at radius 2 is 2.05 bits per heavy atom. The van der Waals surface area contributed by atoms with Gasteiger partial charge in [-0.2, -0.15) is 0 Å². The monoisotopic (exact) mass is 278 g/mol. The van der Waals surface area contributed by atoms with Gasteiger partial charge in [0.25, 0.3) is 5.91 Å². The van der Waals surface area contributed by atoms with Gasteiger partial charge in [0.05, 0.1) is 4.88 Å². The molecule has 2 aliphatic rings. The van der Waals surface area contributed by atoms with Crippen molar-refractivity contribution in [2.45, 2.75) is 51.0 Å². The highest BCUT2D eigenvalue weighted by atomic mass is 32.1. The zero-order chi connectivity index (χ0) is 13.1. The van der Waals surface area contributed by atoms with E-state index in [1.165, 1.54) is 42.5 Å². The van der Waals surface area contributed by atoms with Gasteiger partial charge >= 0.3 is 0 Å². The second-order valence-electron chi connectivity index (χ2n) is 5.60. The predicted molar refractivity (Wildman–Crippen MR) is 78.9 cm³/mol. The third-order valence-electron chi connectivity index (χ3n) is 3.89. The second kappa shape index (κ2) is 6.06. The molecule has 0 radical (unpaired) electrons. The highest BCUT2D eigenvalue weighted by Gasteiger charge is 2.20. The lowest BCUT2D eigenvalue weighted by molar-refractivity contribution is 0.0958. The average molecular weight is 278 g/mol. The molecule has 2 N–H and O–H groups in total. The van der Waals surface area contributed by atoms with Gasteiger partial charge in [-0.25, -0.2) is 0 Å². The molecule has 0 aromatic carbocycles. The van der Waals surface area contributed by atoms with E-state index in [0.717, 1.165) is 36.9 Å². The quantitative estimate of drug-likeness (QED) is 0.642. The van der Waals surface area contributed by atoms with Crippen molar-refractivity contribution in [3.8, 4) is 0 Å². The smallest absolute Gasteiger partial charge is 0.261 e. The van der Waals surface area contributed by atoms with E-state index in [1.807, 2.05) is 0 Å². The van der Waals surface area contributed by atoms with Crippen molar-refractivity contribution in [1.82, 2.24) is 10.6 Å². The normalized spacial score (nSPS) is 18.7. The summed E-state index contributed by atoms with van der Waals surface area (Å²) in [7, 11) is 0. The topological polar surface area (TPSA) is 41.1 Å². The Hall–Kier alpha value is -0.870. The van der Waals surface area contributed by atoms with E-state index >= 15 is 0 Å². The third kappa shape index (κ3) is 3.57. The molecule has 0 atom stereocenters. The Kier molecular flexibility index (Phi) is 4.18. The Morgan fingerprint density at radius 1 is 1.21 bits per heavy atom. The van der Waals surface area contributed by atoms with Crippen LogP contribution in [-0.2, 0) is 12.8 Å². The Bertz CT molecular complexity index is 427. The average Bonchev–Trinajstić information content (AvgIpc) is 3.19.